The molecule has 1 aliphatic carbocycles. The minimum absolute atomic E-state index is 0.367. The second-order valence-electron chi connectivity index (χ2n) is 10.6. The van der Waals surface area contributed by atoms with Gasteiger partial charge in [-0.3, -0.25) is 4.90 Å². The van der Waals surface area contributed by atoms with Crippen molar-refractivity contribution < 1.29 is 9.84 Å². The number of nitrogens with one attached hydrogen (secondary N) is 2. The lowest BCUT2D eigenvalue weighted by molar-refractivity contribution is -0.0712. The quantitative estimate of drug-likeness (QED) is 0.568. The van der Waals surface area contributed by atoms with E-state index in [1.165, 1.54) is 17.3 Å². The maximum atomic E-state index is 10.5. The second-order valence-corrected chi connectivity index (χ2v) is 10.6. The van der Waals surface area contributed by atoms with Crippen LogP contribution in [0.5, 0.6) is 0 Å². The minimum atomic E-state index is -0.521. The van der Waals surface area contributed by atoms with E-state index in [0.29, 0.717) is 30.2 Å². The van der Waals surface area contributed by atoms with Gasteiger partial charge in [0.15, 0.2) is 0 Å². The number of aromatic nitrogens is 2. The van der Waals surface area contributed by atoms with E-state index >= 15 is 0 Å². The lowest BCUT2D eigenvalue weighted by Gasteiger charge is -2.41. The number of anilines is 3. The lowest BCUT2D eigenvalue weighted by Crippen LogP contribution is -2.51. The van der Waals surface area contributed by atoms with Gasteiger partial charge in [-0.05, 0) is 75.4 Å². The van der Waals surface area contributed by atoms with Crippen molar-refractivity contribution in [1.29, 1.82) is 5.41 Å². The minimum Gasteiger partial charge on any atom is -0.388 e. The first-order valence-corrected chi connectivity index (χ1v) is 12.5. The van der Waals surface area contributed by atoms with Crippen molar-refractivity contribution in [3.05, 3.63) is 40.7 Å². The predicted molar refractivity (Wildman–Crippen MR) is 133 cm³/mol. The van der Waals surface area contributed by atoms with Gasteiger partial charge in [0, 0.05) is 42.5 Å². The molecule has 0 amide bonds. The van der Waals surface area contributed by atoms with E-state index < -0.39 is 5.60 Å². The van der Waals surface area contributed by atoms with E-state index in [0.717, 1.165) is 75.0 Å². The van der Waals surface area contributed by atoms with Crippen molar-refractivity contribution in [2.75, 3.05) is 49.6 Å². The third-order valence-corrected chi connectivity index (χ3v) is 8.22. The largest absolute Gasteiger partial charge is 0.388 e. The summed E-state index contributed by atoms with van der Waals surface area (Å²) in [6.07, 6.45) is 4.62. The molecular formula is C26H34N6O2. The summed E-state index contributed by atoms with van der Waals surface area (Å²) in [5.41, 5.74) is 3.87. The Kier molecular flexibility index (Phi) is 5.35. The molecule has 0 radical (unpaired) electrons. The first-order valence-electron chi connectivity index (χ1n) is 12.5. The number of benzene rings is 1. The Morgan fingerprint density at radius 1 is 1.18 bits per heavy atom. The molecule has 180 valence electrons. The van der Waals surface area contributed by atoms with E-state index in [9.17, 15) is 5.11 Å². The van der Waals surface area contributed by atoms with Gasteiger partial charge in [-0.1, -0.05) is 0 Å². The Morgan fingerprint density at radius 3 is 2.62 bits per heavy atom. The van der Waals surface area contributed by atoms with Gasteiger partial charge in [0.1, 0.15) is 17.5 Å². The van der Waals surface area contributed by atoms with Crippen molar-refractivity contribution in [2.45, 2.75) is 50.7 Å². The van der Waals surface area contributed by atoms with Crippen LogP contribution in [0.4, 0.5) is 17.3 Å². The molecule has 34 heavy (non-hydrogen) atoms. The predicted octanol–water partition coefficient (Wildman–Crippen LogP) is 2.98. The van der Waals surface area contributed by atoms with E-state index in [4.69, 9.17) is 10.1 Å². The average molecular weight is 463 g/mol. The zero-order valence-corrected chi connectivity index (χ0v) is 20.0. The third kappa shape index (κ3) is 3.97. The molecule has 3 aliphatic heterocycles. The SMILES string of the molecule is Cc1nc(Nc2cc(C3CCN(C4COC4)CC3)c(C)cc2C=N)cc(N2CC3CC3(O)C2)n1. The zero-order valence-electron chi connectivity index (χ0n) is 20.0. The van der Waals surface area contributed by atoms with Gasteiger partial charge in [0.25, 0.3) is 0 Å². The van der Waals surface area contributed by atoms with Gasteiger partial charge in [-0.25, -0.2) is 9.97 Å². The zero-order chi connectivity index (χ0) is 23.4. The number of piperidine rings is 2. The number of ether oxygens (including phenoxy) is 1. The normalized spacial score (nSPS) is 27.4. The molecular weight excluding hydrogens is 428 g/mol. The molecule has 4 fully saturated rings. The van der Waals surface area contributed by atoms with Crippen LogP contribution < -0.4 is 10.2 Å². The number of aryl methyl sites for hydroxylation is 2. The molecule has 1 aromatic carbocycles. The summed E-state index contributed by atoms with van der Waals surface area (Å²) in [7, 11) is 0. The third-order valence-electron chi connectivity index (χ3n) is 8.22. The van der Waals surface area contributed by atoms with Crippen molar-refractivity contribution in [3.8, 4) is 0 Å². The number of aliphatic hydroxyl groups is 1. The molecule has 4 aliphatic rings. The Labute approximate surface area is 200 Å². The maximum Gasteiger partial charge on any atom is 0.136 e. The van der Waals surface area contributed by atoms with Crippen molar-refractivity contribution in [3.63, 3.8) is 0 Å². The Bertz CT molecular complexity index is 1110. The van der Waals surface area contributed by atoms with Crippen LogP contribution in [0.25, 0.3) is 0 Å². The van der Waals surface area contributed by atoms with Crippen LogP contribution in [0.2, 0.25) is 0 Å². The summed E-state index contributed by atoms with van der Waals surface area (Å²) in [6, 6.07) is 6.92. The Balaban J connectivity index is 1.23. The Morgan fingerprint density at radius 2 is 1.97 bits per heavy atom. The van der Waals surface area contributed by atoms with E-state index in [2.05, 4.69) is 44.1 Å². The number of nitrogens with zero attached hydrogens (tertiary/aromatic N) is 4. The molecule has 3 N–H and O–H groups in total. The van der Waals surface area contributed by atoms with Gasteiger partial charge < -0.3 is 25.5 Å². The van der Waals surface area contributed by atoms with Crippen LogP contribution in [-0.4, -0.2) is 77.2 Å². The smallest absolute Gasteiger partial charge is 0.136 e. The average Bonchev–Trinajstić information content (AvgIpc) is 3.29. The van der Waals surface area contributed by atoms with Crippen LogP contribution in [0, 0.1) is 25.2 Å². The van der Waals surface area contributed by atoms with Gasteiger partial charge in [0.2, 0.25) is 0 Å². The molecule has 0 bridgehead atoms. The summed E-state index contributed by atoms with van der Waals surface area (Å²) < 4.78 is 5.38. The number of hydrogen-bond donors (Lipinski definition) is 3. The topological polar surface area (TPSA) is 97.6 Å². The molecule has 2 unspecified atom stereocenters. The van der Waals surface area contributed by atoms with Gasteiger partial charge >= 0.3 is 0 Å². The number of hydrogen-bond acceptors (Lipinski definition) is 8. The standard InChI is InChI=1S/C26H34N6O2/c1-16-7-19(11-27)23(8-22(16)18-3-5-31(6-4-18)21-13-34-14-21)30-24-9-25(29-17(2)28-24)32-12-20-10-26(20,33)15-32/h7-9,11,18,20-21,27,33H,3-6,10,12-15H2,1-2H3,(H,28,29,30). The maximum absolute atomic E-state index is 10.5. The van der Waals surface area contributed by atoms with Gasteiger partial charge in [-0.15, -0.1) is 0 Å². The van der Waals surface area contributed by atoms with Crippen molar-refractivity contribution in [1.82, 2.24) is 14.9 Å². The highest BCUT2D eigenvalue weighted by Gasteiger charge is 2.59. The van der Waals surface area contributed by atoms with Gasteiger partial charge in [-0.2, -0.15) is 0 Å². The van der Waals surface area contributed by atoms with Crippen molar-refractivity contribution >= 4 is 23.5 Å². The fourth-order valence-electron chi connectivity index (χ4n) is 5.97. The molecule has 1 aromatic heterocycles. The molecule has 3 saturated heterocycles. The van der Waals surface area contributed by atoms with Crippen LogP contribution in [0.3, 0.4) is 0 Å². The monoisotopic (exact) mass is 462 g/mol. The number of fused-ring (bicyclic) bond motifs is 1. The molecule has 8 nitrogen and oxygen atoms in total. The molecule has 2 aromatic rings. The van der Waals surface area contributed by atoms with Crippen LogP contribution in [0.15, 0.2) is 18.2 Å². The summed E-state index contributed by atoms with van der Waals surface area (Å²) in [4.78, 5) is 14.0. The summed E-state index contributed by atoms with van der Waals surface area (Å²) in [6.45, 7) is 9.54. The number of β-amino-alcohol motifs (C(OH)–C–C–N with tert-alkyl or cyclic N) is 1. The Hall–Kier alpha value is -2.55. The summed E-state index contributed by atoms with van der Waals surface area (Å²) in [5.74, 6) is 3.17. The molecule has 4 heterocycles. The van der Waals surface area contributed by atoms with Crippen LogP contribution in [0.1, 0.15) is 47.7 Å². The highest BCUT2D eigenvalue weighted by Crippen LogP contribution is 2.50. The highest BCUT2D eigenvalue weighted by atomic mass is 16.5. The summed E-state index contributed by atoms with van der Waals surface area (Å²) >= 11 is 0. The first-order chi connectivity index (χ1) is 16.4. The molecule has 6 rings (SSSR count). The molecule has 1 saturated carbocycles. The number of rotatable bonds is 6. The summed E-state index contributed by atoms with van der Waals surface area (Å²) in [5, 5.41) is 21.9. The van der Waals surface area contributed by atoms with Gasteiger partial charge in [0.05, 0.1) is 24.9 Å². The molecule has 0 spiro atoms. The lowest BCUT2D eigenvalue weighted by atomic mass is 9.85. The van der Waals surface area contributed by atoms with E-state index in [-0.39, 0.29) is 0 Å². The second kappa shape index (κ2) is 8.29. The fourth-order valence-corrected chi connectivity index (χ4v) is 5.97. The van der Waals surface area contributed by atoms with E-state index in [1.54, 1.807) is 0 Å². The first kappa shape index (κ1) is 21.9. The highest BCUT2D eigenvalue weighted by molar-refractivity contribution is 5.88. The van der Waals surface area contributed by atoms with Crippen LogP contribution >= 0.6 is 0 Å². The van der Waals surface area contributed by atoms with Crippen LogP contribution in [-0.2, 0) is 4.74 Å². The van der Waals surface area contributed by atoms with Crippen molar-refractivity contribution in [2.24, 2.45) is 5.92 Å². The molecule has 8 heteroatoms. The fraction of sp³-hybridized carbons (Fsp3) is 0.577. The molecule has 2 atom stereocenters. The number of likely N-dealkylation sites (tertiary alicyclic amines) is 1. The van der Waals surface area contributed by atoms with E-state index in [1.807, 2.05) is 13.0 Å².